The molecule has 2 aliphatic carbocycles. The highest BCUT2D eigenvalue weighted by Crippen LogP contribution is 2.49. The van der Waals surface area contributed by atoms with Gasteiger partial charge in [-0.1, -0.05) is 45.9 Å². The van der Waals surface area contributed by atoms with Gasteiger partial charge in [0, 0.05) is 61.8 Å². The number of amides is 1. The van der Waals surface area contributed by atoms with Gasteiger partial charge in [-0.3, -0.25) is 24.0 Å². The van der Waals surface area contributed by atoms with E-state index in [1.807, 2.05) is 47.6 Å². The van der Waals surface area contributed by atoms with E-state index in [9.17, 15) is 29.1 Å². The van der Waals surface area contributed by atoms with Crippen molar-refractivity contribution in [2.75, 3.05) is 7.11 Å². The third-order valence-corrected chi connectivity index (χ3v) is 11.6. The van der Waals surface area contributed by atoms with Crippen molar-refractivity contribution >= 4 is 29.2 Å². The van der Waals surface area contributed by atoms with Crippen molar-refractivity contribution in [1.29, 1.82) is 0 Å². The van der Waals surface area contributed by atoms with Crippen LogP contribution in [0.25, 0.3) is 0 Å². The number of allylic oxidation sites excluding steroid dienone is 4. The van der Waals surface area contributed by atoms with Crippen LogP contribution in [0.1, 0.15) is 112 Å². The van der Waals surface area contributed by atoms with E-state index in [-0.39, 0.29) is 69.3 Å². The molecule has 1 aromatic carbocycles. The average Bonchev–Trinajstić information content (AvgIpc) is 3.93. The smallest absolute Gasteiger partial charge is 0.312 e. The standard InChI is InChI=1S/C43H54N2O12/c1-19-13-12-14-20(2)41(51)45-32-31(44-26-15-16-26)34(48)28-29(35(32)49)33(47)22(4)39-30(28)40(50)43(10,57-39)53-18-17-27(52-11)21(3)37(54-25(7)46)24(6)38-23(5)36(19)55-42(8,9)56-38/h12-14,17-19,21,23-24,26-27,36-38,44,47H,15-16H2,1-11H3,(H,45,51)/t19-,21+,23+,24+,27-,36-,37+,38-,43-/m0/s1. The molecule has 2 fully saturated rings. The Morgan fingerprint density at radius 3 is 2.21 bits per heavy atom. The fourth-order valence-electron chi connectivity index (χ4n) is 8.35. The number of esters is 1. The first kappa shape index (κ1) is 41.8. The Hall–Kier alpha value is -4.79. The SMILES string of the molecule is CO[C@H]1C=CO[C@@]2(C)Oc3c(C)c(O)c4c(c3C2=O)C(=O)C(NC2CC2)=C(NC(=O)C(C)=CC=C[C@H](C)[C@@H]2OC(C)(C)O[C@H]([C@H](C)[C@H](OC(C)=O)[C@@H]1C)[C@@H]2C)C4=O. The molecule has 6 aliphatic rings. The Balaban J connectivity index is 1.48. The molecular weight excluding hydrogens is 736 g/mol. The van der Waals surface area contributed by atoms with Crippen LogP contribution in [0.5, 0.6) is 11.5 Å². The Morgan fingerprint density at radius 1 is 0.912 bits per heavy atom. The Morgan fingerprint density at radius 2 is 1.58 bits per heavy atom. The molecule has 1 saturated heterocycles. The van der Waals surface area contributed by atoms with Crippen LogP contribution in [0.2, 0.25) is 0 Å². The minimum absolute atomic E-state index is 0.0371. The van der Waals surface area contributed by atoms with Crippen LogP contribution >= 0.6 is 0 Å². The average molecular weight is 791 g/mol. The number of hydrogen-bond donors (Lipinski definition) is 3. The molecule has 9 atom stereocenters. The van der Waals surface area contributed by atoms with Crippen LogP contribution in [0.3, 0.4) is 0 Å². The molecule has 0 unspecified atom stereocenters. The quantitative estimate of drug-likeness (QED) is 0.325. The van der Waals surface area contributed by atoms with Gasteiger partial charge in [0.15, 0.2) is 5.79 Å². The maximum atomic E-state index is 14.4. The minimum Gasteiger partial charge on any atom is -0.507 e. The van der Waals surface area contributed by atoms with Gasteiger partial charge in [-0.2, -0.15) is 0 Å². The maximum absolute atomic E-state index is 14.4. The van der Waals surface area contributed by atoms with Gasteiger partial charge in [0.25, 0.3) is 11.7 Å². The predicted octanol–water partition coefficient (Wildman–Crippen LogP) is 5.51. The van der Waals surface area contributed by atoms with Gasteiger partial charge in [0.05, 0.1) is 41.3 Å². The van der Waals surface area contributed by atoms with Gasteiger partial charge in [-0.15, -0.1) is 0 Å². The summed E-state index contributed by atoms with van der Waals surface area (Å²) >= 11 is 0. The minimum atomic E-state index is -2.02. The first-order chi connectivity index (χ1) is 26.7. The molecule has 7 bridgehead atoms. The summed E-state index contributed by atoms with van der Waals surface area (Å²) in [5.74, 6) is -8.35. The van der Waals surface area contributed by atoms with Gasteiger partial charge >= 0.3 is 11.8 Å². The molecule has 1 amide bonds. The second-order valence-corrected chi connectivity index (χ2v) is 16.5. The molecule has 3 N–H and O–H groups in total. The van der Waals surface area contributed by atoms with E-state index in [4.69, 9.17) is 28.4 Å². The second kappa shape index (κ2) is 15.5. The van der Waals surface area contributed by atoms with E-state index in [0.717, 1.165) is 12.8 Å². The van der Waals surface area contributed by atoms with Crippen LogP contribution in [0, 0.1) is 30.6 Å². The zero-order chi connectivity index (χ0) is 41.9. The van der Waals surface area contributed by atoms with Crippen LogP contribution < -0.4 is 15.4 Å². The van der Waals surface area contributed by atoms with E-state index in [1.165, 1.54) is 34.1 Å². The lowest BCUT2D eigenvalue weighted by Gasteiger charge is -2.50. The van der Waals surface area contributed by atoms with Gasteiger partial charge < -0.3 is 44.2 Å². The number of ketones is 3. The van der Waals surface area contributed by atoms with Crippen molar-refractivity contribution < 1.29 is 57.5 Å². The van der Waals surface area contributed by atoms with Gasteiger partial charge in [-0.25, -0.2) is 0 Å². The number of hydrogen-bond acceptors (Lipinski definition) is 13. The zero-order valence-corrected chi connectivity index (χ0v) is 34.4. The molecule has 0 radical (unpaired) electrons. The molecule has 4 heterocycles. The third kappa shape index (κ3) is 7.79. The highest BCUT2D eigenvalue weighted by Gasteiger charge is 2.53. The van der Waals surface area contributed by atoms with E-state index in [0.29, 0.717) is 0 Å². The molecular formula is C43H54N2O12. The Kier molecular flexibility index (Phi) is 11.4. The summed E-state index contributed by atoms with van der Waals surface area (Å²) in [4.78, 5) is 69.3. The van der Waals surface area contributed by atoms with E-state index in [1.54, 1.807) is 25.2 Å². The van der Waals surface area contributed by atoms with E-state index < -0.39 is 76.3 Å². The topological polar surface area (TPSA) is 185 Å². The molecule has 0 aromatic heterocycles. The van der Waals surface area contributed by atoms with Gasteiger partial charge in [-0.05, 0) is 46.6 Å². The molecule has 14 heteroatoms. The lowest BCUT2D eigenvalue weighted by molar-refractivity contribution is -0.336. The largest absolute Gasteiger partial charge is 0.507 e. The molecule has 308 valence electrons. The number of phenols is 1. The number of rotatable bonds is 4. The van der Waals surface area contributed by atoms with Crippen molar-refractivity contribution in [2.24, 2.45) is 23.7 Å². The highest BCUT2D eigenvalue weighted by molar-refractivity contribution is 6.32. The summed E-state index contributed by atoms with van der Waals surface area (Å²) in [6.45, 7) is 17.3. The monoisotopic (exact) mass is 790 g/mol. The third-order valence-electron chi connectivity index (χ3n) is 11.6. The molecule has 57 heavy (non-hydrogen) atoms. The summed E-state index contributed by atoms with van der Waals surface area (Å²) in [7, 11) is 1.50. The fraction of sp³-hybridized carbons (Fsp3) is 0.558. The van der Waals surface area contributed by atoms with Crippen molar-refractivity contribution in [3.05, 3.63) is 69.8 Å². The number of carbonyl (C=O) groups excluding carboxylic acids is 5. The molecule has 14 nitrogen and oxygen atoms in total. The van der Waals surface area contributed by atoms with Crippen molar-refractivity contribution in [1.82, 2.24) is 10.6 Å². The number of methoxy groups -OCH3 is 1. The summed E-state index contributed by atoms with van der Waals surface area (Å²) in [5.41, 5.74) is -1.21. The summed E-state index contributed by atoms with van der Waals surface area (Å²) in [6, 6.07) is -0.130. The number of nitrogens with one attached hydrogen (secondary N) is 2. The number of carbonyl (C=O) groups is 5. The van der Waals surface area contributed by atoms with Crippen molar-refractivity contribution in [3.63, 3.8) is 0 Å². The molecule has 0 spiro atoms. The molecule has 1 aromatic rings. The zero-order valence-electron chi connectivity index (χ0n) is 34.4. The van der Waals surface area contributed by atoms with Crippen LogP contribution in [-0.2, 0) is 33.3 Å². The number of aromatic hydroxyl groups is 1. The lowest BCUT2D eigenvalue weighted by Crippen LogP contribution is -2.56. The van der Waals surface area contributed by atoms with Crippen LogP contribution in [0.4, 0.5) is 0 Å². The molecule has 7 rings (SSSR count). The number of phenolic OH excluding ortho intramolecular Hbond substituents is 1. The molecule has 1 saturated carbocycles. The number of fused-ring (bicyclic) bond motifs is 10. The first-order valence-corrected chi connectivity index (χ1v) is 19.5. The van der Waals surface area contributed by atoms with E-state index in [2.05, 4.69) is 10.6 Å². The van der Waals surface area contributed by atoms with Gasteiger partial charge in [0.2, 0.25) is 11.6 Å². The second-order valence-electron chi connectivity index (χ2n) is 16.5. The van der Waals surface area contributed by atoms with Crippen molar-refractivity contribution in [2.45, 2.75) is 124 Å². The Labute approximate surface area is 333 Å². The predicted molar refractivity (Wildman–Crippen MR) is 206 cm³/mol. The number of ether oxygens (including phenoxy) is 6. The van der Waals surface area contributed by atoms with Crippen molar-refractivity contribution in [3.8, 4) is 11.5 Å². The highest BCUT2D eigenvalue weighted by atomic mass is 16.7. The van der Waals surface area contributed by atoms with E-state index >= 15 is 0 Å². The van der Waals surface area contributed by atoms with Gasteiger partial charge in [0.1, 0.15) is 29.0 Å². The number of Topliss-reactive ketones (excluding diaryl/α,β-unsaturated/α-hetero) is 3. The Bertz CT molecular complexity index is 2010. The maximum Gasteiger partial charge on any atom is 0.312 e. The van der Waals surface area contributed by atoms with Crippen LogP contribution in [-0.4, -0.2) is 83.5 Å². The normalized spacial score (nSPS) is 33.0. The van der Waals surface area contributed by atoms with Crippen LogP contribution in [0.15, 0.2) is 47.5 Å². The fourth-order valence-corrected chi connectivity index (χ4v) is 8.35. The molecule has 4 aliphatic heterocycles. The lowest BCUT2D eigenvalue weighted by atomic mass is 9.77. The summed E-state index contributed by atoms with van der Waals surface area (Å²) in [6.07, 6.45) is 7.35. The summed E-state index contributed by atoms with van der Waals surface area (Å²) in [5, 5.41) is 17.2. The first-order valence-electron chi connectivity index (χ1n) is 19.5. The number of benzene rings is 1. The summed E-state index contributed by atoms with van der Waals surface area (Å²) < 4.78 is 37.0.